The van der Waals surface area contributed by atoms with E-state index in [1.165, 1.54) is 40.7 Å². The minimum absolute atomic E-state index is 0.0142. The quantitative estimate of drug-likeness (QED) is 0.456. The molecule has 5 rings (SSSR count). The maximum atomic E-state index is 14.1. The number of hydrogen-bond acceptors (Lipinski definition) is 7. The number of sulfonamides is 1. The molecule has 0 atom stereocenters. The molecule has 0 unspecified atom stereocenters. The van der Waals surface area contributed by atoms with Crippen molar-refractivity contribution in [1.29, 1.82) is 5.26 Å². The minimum Gasteiger partial charge on any atom is -0.414 e. The molecule has 166 valence electrons. The molecule has 0 aliphatic carbocycles. The van der Waals surface area contributed by atoms with E-state index in [0.717, 1.165) is 5.69 Å². The highest BCUT2D eigenvalue weighted by molar-refractivity contribution is 7.89. The normalized spacial score (nSPS) is 14.1. The molecule has 0 radical (unpaired) electrons. The summed E-state index contributed by atoms with van der Waals surface area (Å²) in [6.07, 6.45) is 0.447. The zero-order chi connectivity index (χ0) is 23.2. The molecule has 2 aromatic heterocycles. The lowest BCUT2D eigenvalue weighted by Gasteiger charge is -2.26. The lowest BCUT2D eigenvalue weighted by atomic mass is 10.1. The molecule has 0 saturated heterocycles. The van der Waals surface area contributed by atoms with Crippen LogP contribution in [-0.2, 0) is 30.0 Å². The maximum absolute atomic E-state index is 14.1. The first-order chi connectivity index (χ1) is 15.9. The van der Waals surface area contributed by atoms with Gasteiger partial charge in [-0.25, -0.2) is 12.8 Å². The summed E-state index contributed by atoms with van der Waals surface area (Å²) in [4.78, 5) is 0.106. The van der Waals surface area contributed by atoms with Crippen LogP contribution in [0, 0.1) is 17.1 Å². The first kappa shape index (κ1) is 21.0. The van der Waals surface area contributed by atoms with Crippen LogP contribution >= 0.6 is 0 Å². The largest absolute Gasteiger partial charge is 0.414 e. The Morgan fingerprint density at radius 1 is 1.09 bits per heavy atom. The van der Waals surface area contributed by atoms with Crippen molar-refractivity contribution >= 4 is 10.0 Å². The van der Waals surface area contributed by atoms with Gasteiger partial charge in [0.1, 0.15) is 5.82 Å². The van der Waals surface area contributed by atoms with Gasteiger partial charge in [0.15, 0.2) is 5.69 Å². The van der Waals surface area contributed by atoms with Crippen molar-refractivity contribution in [1.82, 2.24) is 24.3 Å². The molecule has 2 aromatic carbocycles. The van der Waals surface area contributed by atoms with Crippen molar-refractivity contribution in [2.75, 3.05) is 6.54 Å². The molecule has 4 aromatic rings. The predicted octanol–water partition coefficient (Wildman–Crippen LogP) is 2.89. The topological polar surface area (TPSA) is 118 Å². The van der Waals surface area contributed by atoms with Crippen molar-refractivity contribution < 1.29 is 17.2 Å². The van der Waals surface area contributed by atoms with E-state index in [4.69, 9.17) is 9.68 Å². The summed E-state index contributed by atoms with van der Waals surface area (Å²) in [5, 5.41) is 21.4. The molecule has 0 N–H and O–H groups in total. The molecule has 0 fully saturated rings. The van der Waals surface area contributed by atoms with Crippen LogP contribution in [-0.4, -0.2) is 39.2 Å². The number of rotatable bonds is 4. The van der Waals surface area contributed by atoms with Gasteiger partial charge in [0.05, 0.1) is 22.1 Å². The van der Waals surface area contributed by atoms with Gasteiger partial charge in [0, 0.05) is 37.8 Å². The average molecular weight is 464 g/mol. The standard InChI is InChI=1S/C22H17FN6O3S/c1-28-19-10-11-29(33(30,31)15-8-6-14(12-24)7-9-15)13-17(19)20(27-28)22-26-25-21(32-22)16-4-2-3-5-18(16)23/h2-9H,10-11,13H2,1H3. The predicted molar refractivity (Wildman–Crippen MR) is 114 cm³/mol. The summed E-state index contributed by atoms with van der Waals surface area (Å²) >= 11 is 0. The Balaban J connectivity index is 1.49. The second-order valence-electron chi connectivity index (χ2n) is 7.51. The van der Waals surface area contributed by atoms with Gasteiger partial charge < -0.3 is 4.42 Å². The first-order valence-electron chi connectivity index (χ1n) is 10.0. The van der Waals surface area contributed by atoms with Gasteiger partial charge in [-0.1, -0.05) is 12.1 Å². The van der Waals surface area contributed by atoms with E-state index in [1.807, 2.05) is 6.07 Å². The zero-order valence-corrected chi connectivity index (χ0v) is 18.3. The van der Waals surface area contributed by atoms with Gasteiger partial charge in [0.2, 0.25) is 10.0 Å². The van der Waals surface area contributed by atoms with E-state index < -0.39 is 15.8 Å². The van der Waals surface area contributed by atoms with E-state index in [2.05, 4.69) is 15.3 Å². The summed E-state index contributed by atoms with van der Waals surface area (Å²) in [6.45, 7) is 0.344. The molecule has 1 aliphatic rings. The van der Waals surface area contributed by atoms with Crippen LogP contribution in [0.2, 0.25) is 0 Å². The van der Waals surface area contributed by atoms with Crippen molar-refractivity contribution in [3.63, 3.8) is 0 Å². The Morgan fingerprint density at radius 3 is 2.55 bits per heavy atom. The Kier molecular flexibility index (Phi) is 5.03. The molecule has 33 heavy (non-hydrogen) atoms. The molecule has 0 amide bonds. The highest BCUT2D eigenvalue weighted by Gasteiger charge is 2.33. The smallest absolute Gasteiger partial charge is 0.268 e. The SMILES string of the molecule is Cn1nc(-c2nnc(-c3ccccc3F)o2)c2c1CCN(S(=O)(=O)c1ccc(C#N)cc1)C2. The fraction of sp³-hybridized carbons (Fsp3) is 0.182. The van der Waals surface area contributed by atoms with E-state index in [9.17, 15) is 12.8 Å². The molecular formula is C22H17FN6O3S. The molecular weight excluding hydrogens is 447 g/mol. The molecule has 3 heterocycles. The summed E-state index contributed by atoms with van der Waals surface area (Å²) in [5.41, 5.74) is 2.44. The summed E-state index contributed by atoms with van der Waals surface area (Å²) in [7, 11) is -2.03. The second-order valence-corrected chi connectivity index (χ2v) is 9.45. The third kappa shape index (κ3) is 3.59. The number of benzene rings is 2. The summed E-state index contributed by atoms with van der Waals surface area (Å²) < 4.78 is 49.3. The third-order valence-electron chi connectivity index (χ3n) is 5.56. The van der Waals surface area contributed by atoms with Crippen molar-refractivity contribution in [2.24, 2.45) is 7.05 Å². The van der Waals surface area contributed by atoms with Crippen LogP contribution in [0.5, 0.6) is 0 Å². The highest BCUT2D eigenvalue weighted by atomic mass is 32.2. The monoisotopic (exact) mass is 464 g/mol. The van der Waals surface area contributed by atoms with Gasteiger partial charge in [0.25, 0.3) is 11.8 Å². The fourth-order valence-corrected chi connectivity index (χ4v) is 5.27. The average Bonchev–Trinajstić information content (AvgIpc) is 3.44. The van der Waals surface area contributed by atoms with Gasteiger partial charge in [-0.05, 0) is 36.4 Å². The number of aryl methyl sites for hydroxylation is 1. The Morgan fingerprint density at radius 2 is 1.82 bits per heavy atom. The van der Waals surface area contributed by atoms with E-state index in [1.54, 1.807) is 23.9 Å². The maximum Gasteiger partial charge on any atom is 0.268 e. The van der Waals surface area contributed by atoms with E-state index >= 15 is 0 Å². The van der Waals surface area contributed by atoms with Crippen molar-refractivity contribution in [3.8, 4) is 29.1 Å². The third-order valence-corrected chi connectivity index (χ3v) is 7.42. The van der Waals surface area contributed by atoms with Crippen LogP contribution in [0.15, 0.2) is 57.8 Å². The van der Waals surface area contributed by atoms with Crippen molar-refractivity contribution in [2.45, 2.75) is 17.9 Å². The Hall–Kier alpha value is -3.88. The number of halogens is 1. The van der Waals surface area contributed by atoms with Gasteiger partial charge in [-0.15, -0.1) is 10.2 Å². The van der Waals surface area contributed by atoms with E-state index in [0.29, 0.717) is 23.2 Å². The molecule has 1 aliphatic heterocycles. The zero-order valence-electron chi connectivity index (χ0n) is 17.4. The van der Waals surface area contributed by atoms with Crippen LogP contribution in [0.25, 0.3) is 23.0 Å². The van der Waals surface area contributed by atoms with Crippen LogP contribution in [0.3, 0.4) is 0 Å². The number of aromatic nitrogens is 4. The van der Waals surface area contributed by atoms with Gasteiger partial charge >= 0.3 is 0 Å². The fourth-order valence-electron chi connectivity index (χ4n) is 3.86. The lowest BCUT2D eigenvalue weighted by Crippen LogP contribution is -2.36. The van der Waals surface area contributed by atoms with Crippen LogP contribution in [0.4, 0.5) is 4.39 Å². The molecule has 0 bridgehead atoms. The van der Waals surface area contributed by atoms with Gasteiger partial charge in [-0.2, -0.15) is 14.7 Å². The van der Waals surface area contributed by atoms with E-state index in [-0.39, 0.29) is 35.3 Å². The van der Waals surface area contributed by atoms with Crippen LogP contribution in [0.1, 0.15) is 16.8 Å². The Labute approximate surface area is 188 Å². The Bertz CT molecular complexity index is 1500. The van der Waals surface area contributed by atoms with Gasteiger partial charge in [-0.3, -0.25) is 4.68 Å². The summed E-state index contributed by atoms with van der Waals surface area (Å²) in [6, 6.07) is 13.8. The van der Waals surface area contributed by atoms with Crippen molar-refractivity contribution in [3.05, 3.63) is 71.2 Å². The number of fused-ring (bicyclic) bond motifs is 1. The van der Waals surface area contributed by atoms with Crippen LogP contribution < -0.4 is 0 Å². The molecule has 0 spiro atoms. The first-order valence-corrected chi connectivity index (χ1v) is 11.5. The second kappa shape index (κ2) is 7.91. The summed E-state index contributed by atoms with van der Waals surface area (Å²) in [5.74, 6) is -0.390. The molecule has 11 heteroatoms. The lowest BCUT2D eigenvalue weighted by molar-refractivity contribution is 0.386. The molecule has 0 saturated carbocycles. The number of nitriles is 1. The number of nitrogens with zero attached hydrogens (tertiary/aromatic N) is 6. The number of hydrogen-bond donors (Lipinski definition) is 0. The highest BCUT2D eigenvalue weighted by Crippen LogP contribution is 2.33. The molecule has 9 nitrogen and oxygen atoms in total. The minimum atomic E-state index is -3.79.